The summed E-state index contributed by atoms with van der Waals surface area (Å²) in [6, 6.07) is 0. The SMILES string of the molecule is C=CC1C(C)C1(C)C. The van der Waals surface area contributed by atoms with Gasteiger partial charge < -0.3 is 0 Å². The van der Waals surface area contributed by atoms with Crippen molar-refractivity contribution in [3.8, 4) is 0 Å². The highest BCUT2D eigenvalue weighted by Crippen LogP contribution is 2.58. The topological polar surface area (TPSA) is 0 Å². The van der Waals surface area contributed by atoms with Gasteiger partial charge in [0.15, 0.2) is 0 Å². The third kappa shape index (κ3) is 0.521. The minimum absolute atomic E-state index is 0.557. The van der Waals surface area contributed by atoms with Gasteiger partial charge in [0.1, 0.15) is 0 Å². The minimum Gasteiger partial charge on any atom is -0.103 e. The molecule has 2 unspecified atom stereocenters. The van der Waals surface area contributed by atoms with Crippen LogP contribution in [0.15, 0.2) is 12.7 Å². The molecule has 0 aromatic rings. The standard InChI is InChI=1S/C8H14/c1-5-7-6(2)8(7,3)4/h5-7H,1H2,2-4H3. The molecule has 1 aliphatic carbocycles. The number of allylic oxidation sites excluding steroid dienone is 1. The Kier molecular flexibility index (Phi) is 1.00. The molecular formula is C8H14. The van der Waals surface area contributed by atoms with Crippen LogP contribution in [0.3, 0.4) is 0 Å². The zero-order valence-corrected chi connectivity index (χ0v) is 5.94. The highest BCUT2D eigenvalue weighted by atomic mass is 14.6. The van der Waals surface area contributed by atoms with Crippen molar-refractivity contribution in [3.63, 3.8) is 0 Å². The van der Waals surface area contributed by atoms with E-state index in [4.69, 9.17) is 0 Å². The minimum atomic E-state index is 0.557. The first-order valence-corrected chi connectivity index (χ1v) is 3.23. The van der Waals surface area contributed by atoms with Gasteiger partial charge in [-0.05, 0) is 17.3 Å². The monoisotopic (exact) mass is 110 g/mol. The number of rotatable bonds is 1. The van der Waals surface area contributed by atoms with E-state index in [9.17, 15) is 0 Å². The molecule has 0 heterocycles. The highest BCUT2D eigenvalue weighted by Gasteiger charge is 2.52. The van der Waals surface area contributed by atoms with Crippen LogP contribution in [0.4, 0.5) is 0 Å². The molecule has 0 amide bonds. The molecule has 1 rings (SSSR count). The van der Waals surface area contributed by atoms with E-state index in [2.05, 4.69) is 33.4 Å². The summed E-state index contributed by atoms with van der Waals surface area (Å²) in [6.07, 6.45) is 2.07. The third-order valence-electron chi connectivity index (χ3n) is 2.72. The van der Waals surface area contributed by atoms with E-state index in [0.29, 0.717) is 5.41 Å². The smallest absolute Gasteiger partial charge is 0.0151 e. The molecule has 1 aliphatic rings. The van der Waals surface area contributed by atoms with Crippen LogP contribution in [0.2, 0.25) is 0 Å². The molecule has 0 N–H and O–H groups in total. The second-order valence-corrected chi connectivity index (χ2v) is 3.37. The largest absolute Gasteiger partial charge is 0.103 e. The molecule has 8 heavy (non-hydrogen) atoms. The van der Waals surface area contributed by atoms with Crippen LogP contribution in [-0.2, 0) is 0 Å². The molecule has 46 valence electrons. The molecule has 0 heteroatoms. The van der Waals surface area contributed by atoms with Gasteiger partial charge in [-0.1, -0.05) is 26.8 Å². The lowest BCUT2D eigenvalue weighted by Crippen LogP contribution is -1.86. The maximum Gasteiger partial charge on any atom is -0.0151 e. The summed E-state index contributed by atoms with van der Waals surface area (Å²) in [5.41, 5.74) is 0.557. The summed E-state index contributed by atoms with van der Waals surface area (Å²) in [5, 5.41) is 0. The predicted molar refractivity (Wildman–Crippen MR) is 36.6 cm³/mol. The van der Waals surface area contributed by atoms with Crippen molar-refractivity contribution < 1.29 is 0 Å². The molecule has 0 nitrogen and oxygen atoms in total. The van der Waals surface area contributed by atoms with Crippen LogP contribution >= 0.6 is 0 Å². The zero-order valence-electron chi connectivity index (χ0n) is 5.94. The van der Waals surface area contributed by atoms with Crippen LogP contribution in [0.1, 0.15) is 20.8 Å². The predicted octanol–water partition coefficient (Wildman–Crippen LogP) is 2.46. The fraction of sp³-hybridized carbons (Fsp3) is 0.750. The van der Waals surface area contributed by atoms with Crippen LogP contribution < -0.4 is 0 Å². The Morgan fingerprint density at radius 3 is 1.88 bits per heavy atom. The average Bonchev–Trinajstić information content (AvgIpc) is 2.09. The van der Waals surface area contributed by atoms with E-state index in [1.807, 2.05) is 0 Å². The lowest BCUT2D eigenvalue weighted by atomic mass is 10.1. The number of hydrogen-bond acceptors (Lipinski definition) is 0. The molecule has 0 aromatic heterocycles. The van der Waals surface area contributed by atoms with Crippen LogP contribution in [0.25, 0.3) is 0 Å². The van der Waals surface area contributed by atoms with E-state index in [0.717, 1.165) is 11.8 Å². The van der Waals surface area contributed by atoms with Gasteiger partial charge >= 0.3 is 0 Å². The van der Waals surface area contributed by atoms with Crippen molar-refractivity contribution in [2.75, 3.05) is 0 Å². The Morgan fingerprint density at radius 2 is 1.88 bits per heavy atom. The molecule has 0 saturated heterocycles. The van der Waals surface area contributed by atoms with E-state index >= 15 is 0 Å². The van der Waals surface area contributed by atoms with Crippen molar-refractivity contribution >= 4 is 0 Å². The van der Waals surface area contributed by atoms with Crippen LogP contribution in [0.5, 0.6) is 0 Å². The molecule has 0 spiro atoms. The Labute approximate surface area is 51.6 Å². The van der Waals surface area contributed by atoms with Gasteiger partial charge in [0, 0.05) is 0 Å². The Morgan fingerprint density at radius 1 is 1.50 bits per heavy atom. The third-order valence-corrected chi connectivity index (χ3v) is 2.72. The van der Waals surface area contributed by atoms with Crippen molar-refractivity contribution in [2.45, 2.75) is 20.8 Å². The van der Waals surface area contributed by atoms with Crippen molar-refractivity contribution in [1.82, 2.24) is 0 Å². The summed E-state index contributed by atoms with van der Waals surface area (Å²) in [6.45, 7) is 10.6. The first-order valence-electron chi connectivity index (χ1n) is 3.23. The van der Waals surface area contributed by atoms with Gasteiger partial charge in [0.2, 0.25) is 0 Å². The second kappa shape index (κ2) is 1.37. The summed E-state index contributed by atoms with van der Waals surface area (Å²) in [4.78, 5) is 0. The first kappa shape index (κ1) is 5.87. The van der Waals surface area contributed by atoms with Gasteiger partial charge in [0.25, 0.3) is 0 Å². The molecule has 1 saturated carbocycles. The maximum absolute atomic E-state index is 3.77. The number of hydrogen-bond donors (Lipinski definition) is 0. The normalized spacial score (nSPS) is 41.4. The van der Waals surface area contributed by atoms with Gasteiger partial charge in [-0.3, -0.25) is 0 Å². The molecule has 2 atom stereocenters. The van der Waals surface area contributed by atoms with E-state index in [-0.39, 0.29) is 0 Å². The van der Waals surface area contributed by atoms with Gasteiger partial charge in [-0.25, -0.2) is 0 Å². The zero-order chi connectivity index (χ0) is 6.36. The van der Waals surface area contributed by atoms with Crippen molar-refractivity contribution in [3.05, 3.63) is 12.7 Å². The van der Waals surface area contributed by atoms with Crippen LogP contribution in [-0.4, -0.2) is 0 Å². The summed E-state index contributed by atoms with van der Waals surface area (Å²) < 4.78 is 0. The molecule has 0 aliphatic heterocycles. The van der Waals surface area contributed by atoms with Gasteiger partial charge in [-0.15, -0.1) is 6.58 Å². The molecule has 0 aromatic carbocycles. The molecule has 1 fully saturated rings. The Hall–Kier alpha value is -0.260. The highest BCUT2D eigenvalue weighted by molar-refractivity contribution is 5.10. The van der Waals surface area contributed by atoms with Gasteiger partial charge in [-0.2, -0.15) is 0 Å². The summed E-state index contributed by atoms with van der Waals surface area (Å²) >= 11 is 0. The first-order chi connectivity index (χ1) is 3.60. The molecule has 0 bridgehead atoms. The van der Waals surface area contributed by atoms with Crippen LogP contribution in [0, 0.1) is 17.3 Å². The maximum atomic E-state index is 3.77. The quantitative estimate of drug-likeness (QED) is 0.455. The molecular weight excluding hydrogens is 96.1 g/mol. The fourth-order valence-electron chi connectivity index (χ4n) is 1.45. The fourth-order valence-corrected chi connectivity index (χ4v) is 1.45. The van der Waals surface area contributed by atoms with E-state index in [1.54, 1.807) is 0 Å². The lowest BCUT2D eigenvalue weighted by Gasteiger charge is -1.94. The Balaban J connectivity index is 2.57. The lowest BCUT2D eigenvalue weighted by molar-refractivity contribution is 0.570. The van der Waals surface area contributed by atoms with Crippen molar-refractivity contribution in [2.24, 2.45) is 17.3 Å². The van der Waals surface area contributed by atoms with E-state index < -0.39 is 0 Å². The van der Waals surface area contributed by atoms with Crippen molar-refractivity contribution in [1.29, 1.82) is 0 Å². The molecule has 0 radical (unpaired) electrons. The van der Waals surface area contributed by atoms with Gasteiger partial charge in [0.05, 0.1) is 0 Å². The van der Waals surface area contributed by atoms with E-state index in [1.165, 1.54) is 0 Å². The Bertz CT molecular complexity index is 111. The average molecular weight is 110 g/mol. The second-order valence-electron chi connectivity index (χ2n) is 3.37. The summed E-state index contributed by atoms with van der Waals surface area (Å²) in [7, 11) is 0. The summed E-state index contributed by atoms with van der Waals surface area (Å²) in [5.74, 6) is 1.64.